The predicted molar refractivity (Wildman–Crippen MR) is 72.4 cm³/mol. The Morgan fingerprint density at radius 3 is 2.83 bits per heavy atom. The summed E-state index contributed by atoms with van der Waals surface area (Å²) in [7, 11) is 0. The van der Waals surface area contributed by atoms with E-state index in [0.29, 0.717) is 24.4 Å². The number of aromatic nitrogens is 3. The summed E-state index contributed by atoms with van der Waals surface area (Å²) < 4.78 is 2.40. The number of hydrogen-bond acceptors (Lipinski definition) is 3. The Morgan fingerprint density at radius 2 is 2.22 bits per heavy atom. The van der Waals surface area contributed by atoms with E-state index in [-0.39, 0.29) is 0 Å². The molecule has 0 radical (unpaired) electrons. The molecule has 0 amide bonds. The lowest BCUT2D eigenvalue weighted by atomic mass is 9.95. The smallest absolute Gasteiger partial charge is 0.114 e. The lowest BCUT2D eigenvalue weighted by Crippen LogP contribution is -2.21. The van der Waals surface area contributed by atoms with Crippen LogP contribution in [-0.2, 0) is 0 Å². The molecule has 1 saturated carbocycles. The summed E-state index contributed by atoms with van der Waals surface area (Å²) in [5, 5.41) is 0. The Labute approximate surface area is 107 Å². The largest absolute Gasteiger partial charge is 0.330 e. The van der Waals surface area contributed by atoms with Crippen LogP contribution < -0.4 is 5.73 Å². The summed E-state index contributed by atoms with van der Waals surface area (Å²) in [6.07, 6.45) is 6.22. The van der Waals surface area contributed by atoms with Gasteiger partial charge in [-0.15, -0.1) is 0 Å². The number of pyridine rings is 1. The second-order valence-electron chi connectivity index (χ2n) is 5.52. The highest BCUT2D eigenvalue weighted by Gasteiger charge is 2.31. The molecule has 1 aliphatic carbocycles. The van der Waals surface area contributed by atoms with Gasteiger partial charge in [-0.3, -0.25) is 4.98 Å². The Balaban J connectivity index is 2.18. The first-order valence-corrected chi connectivity index (χ1v) is 6.74. The number of hydrogen-bond donors (Lipinski definition) is 1. The van der Waals surface area contributed by atoms with Crippen LogP contribution in [0.25, 0.3) is 11.0 Å². The van der Waals surface area contributed by atoms with Crippen LogP contribution in [0.15, 0.2) is 18.5 Å². The number of rotatable bonds is 4. The highest BCUT2D eigenvalue weighted by molar-refractivity contribution is 5.75. The topological polar surface area (TPSA) is 56.7 Å². The van der Waals surface area contributed by atoms with E-state index in [9.17, 15) is 0 Å². The van der Waals surface area contributed by atoms with Crippen LogP contribution in [0.1, 0.15) is 44.5 Å². The average Bonchev–Trinajstić information content (AvgIpc) is 3.11. The highest BCUT2D eigenvalue weighted by Crippen LogP contribution is 2.40. The number of nitrogens with two attached hydrogens (primary N) is 1. The summed E-state index contributed by atoms with van der Waals surface area (Å²) in [6, 6.07) is 2.69. The van der Waals surface area contributed by atoms with Gasteiger partial charge in [-0.25, -0.2) is 4.98 Å². The molecule has 2 aromatic heterocycles. The van der Waals surface area contributed by atoms with Crippen LogP contribution in [0.3, 0.4) is 0 Å². The van der Waals surface area contributed by atoms with Crippen molar-refractivity contribution in [3.63, 3.8) is 0 Å². The van der Waals surface area contributed by atoms with E-state index >= 15 is 0 Å². The van der Waals surface area contributed by atoms with Crippen LogP contribution in [0.5, 0.6) is 0 Å². The van der Waals surface area contributed by atoms with Gasteiger partial charge in [-0.2, -0.15) is 0 Å². The molecule has 1 atom stereocenters. The summed E-state index contributed by atoms with van der Waals surface area (Å²) in [4.78, 5) is 8.96. The maximum absolute atomic E-state index is 5.95. The van der Waals surface area contributed by atoms with Crippen molar-refractivity contribution in [1.82, 2.24) is 14.5 Å². The fourth-order valence-electron chi connectivity index (χ4n) is 2.62. The Morgan fingerprint density at radius 1 is 1.44 bits per heavy atom. The molecule has 1 unspecified atom stereocenters. The molecule has 3 rings (SSSR count). The molecule has 4 nitrogen and oxygen atoms in total. The Bertz CT molecular complexity index is 554. The first-order valence-electron chi connectivity index (χ1n) is 6.74. The van der Waals surface area contributed by atoms with Gasteiger partial charge in [-0.1, -0.05) is 13.8 Å². The SMILES string of the molecule is CC(C)C(CN)c1nc2cnccc2n1C1CC1. The minimum Gasteiger partial charge on any atom is -0.330 e. The summed E-state index contributed by atoms with van der Waals surface area (Å²) >= 11 is 0. The van der Waals surface area contributed by atoms with Crippen molar-refractivity contribution in [2.45, 2.75) is 38.6 Å². The zero-order valence-electron chi connectivity index (χ0n) is 11.0. The Hall–Kier alpha value is -1.42. The van der Waals surface area contributed by atoms with Crippen LogP contribution >= 0.6 is 0 Å². The van der Waals surface area contributed by atoms with Crippen molar-refractivity contribution < 1.29 is 0 Å². The van der Waals surface area contributed by atoms with E-state index in [4.69, 9.17) is 10.7 Å². The molecule has 0 bridgehead atoms. The summed E-state index contributed by atoms with van der Waals surface area (Å²) in [6.45, 7) is 5.08. The van der Waals surface area contributed by atoms with Crippen molar-refractivity contribution in [2.75, 3.05) is 6.54 Å². The molecule has 0 aliphatic heterocycles. The maximum atomic E-state index is 5.95. The fraction of sp³-hybridized carbons (Fsp3) is 0.571. The molecule has 0 aromatic carbocycles. The van der Waals surface area contributed by atoms with Gasteiger partial charge in [0.15, 0.2) is 0 Å². The van der Waals surface area contributed by atoms with E-state index < -0.39 is 0 Å². The van der Waals surface area contributed by atoms with Gasteiger partial charge >= 0.3 is 0 Å². The highest BCUT2D eigenvalue weighted by atomic mass is 15.1. The summed E-state index contributed by atoms with van der Waals surface area (Å²) in [5.41, 5.74) is 8.16. The number of fused-ring (bicyclic) bond motifs is 1. The van der Waals surface area contributed by atoms with Crippen LogP contribution in [-0.4, -0.2) is 21.1 Å². The standard InChI is InChI=1S/C14H20N4/c1-9(2)11(7-15)14-17-12-8-16-6-5-13(12)18(14)10-3-4-10/h5-6,8-11H,3-4,7,15H2,1-2H3. The van der Waals surface area contributed by atoms with Crippen molar-refractivity contribution in [3.8, 4) is 0 Å². The molecule has 2 N–H and O–H groups in total. The van der Waals surface area contributed by atoms with Crippen molar-refractivity contribution in [1.29, 1.82) is 0 Å². The molecule has 2 aromatic rings. The van der Waals surface area contributed by atoms with E-state index in [1.807, 2.05) is 12.4 Å². The molecule has 1 aliphatic rings. The van der Waals surface area contributed by atoms with Crippen LogP contribution in [0.2, 0.25) is 0 Å². The van der Waals surface area contributed by atoms with Gasteiger partial charge < -0.3 is 10.3 Å². The molecule has 1 fully saturated rings. The van der Waals surface area contributed by atoms with E-state index in [1.54, 1.807) is 0 Å². The predicted octanol–water partition coefficient (Wildman–Crippen LogP) is 2.46. The van der Waals surface area contributed by atoms with Gasteiger partial charge in [0, 0.05) is 24.7 Å². The first kappa shape index (κ1) is 11.7. The second kappa shape index (κ2) is 4.35. The second-order valence-corrected chi connectivity index (χ2v) is 5.52. The minimum atomic E-state index is 0.331. The zero-order valence-corrected chi connectivity index (χ0v) is 11.0. The van der Waals surface area contributed by atoms with Gasteiger partial charge in [0.1, 0.15) is 11.3 Å². The molecule has 96 valence electrons. The van der Waals surface area contributed by atoms with Crippen molar-refractivity contribution in [3.05, 3.63) is 24.3 Å². The molecule has 2 heterocycles. The molecular weight excluding hydrogens is 224 g/mol. The summed E-state index contributed by atoms with van der Waals surface area (Å²) in [5.74, 6) is 1.99. The first-order chi connectivity index (χ1) is 8.72. The molecule has 4 heteroatoms. The number of imidazole rings is 1. The van der Waals surface area contributed by atoms with Gasteiger partial charge in [-0.05, 0) is 24.8 Å². The normalized spacial score (nSPS) is 17.6. The molecule has 0 spiro atoms. The zero-order chi connectivity index (χ0) is 12.7. The van der Waals surface area contributed by atoms with E-state index in [1.165, 1.54) is 18.4 Å². The lowest BCUT2D eigenvalue weighted by Gasteiger charge is -2.20. The van der Waals surface area contributed by atoms with Crippen molar-refractivity contribution in [2.24, 2.45) is 11.7 Å². The number of nitrogens with zero attached hydrogens (tertiary/aromatic N) is 3. The van der Waals surface area contributed by atoms with E-state index in [0.717, 1.165) is 11.3 Å². The van der Waals surface area contributed by atoms with Gasteiger partial charge in [0.2, 0.25) is 0 Å². The molecular formula is C14H20N4. The quantitative estimate of drug-likeness (QED) is 0.898. The Kier molecular flexibility index (Phi) is 2.82. The third kappa shape index (κ3) is 1.81. The fourth-order valence-corrected chi connectivity index (χ4v) is 2.62. The van der Waals surface area contributed by atoms with Gasteiger partial charge in [0.05, 0.1) is 11.7 Å². The molecule has 0 saturated heterocycles. The average molecular weight is 244 g/mol. The van der Waals surface area contributed by atoms with Gasteiger partial charge in [0.25, 0.3) is 0 Å². The molecule has 18 heavy (non-hydrogen) atoms. The third-order valence-electron chi connectivity index (χ3n) is 3.82. The monoisotopic (exact) mass is 244 g/mol. The van der Waals surface area contributed by atoms with Crippen LogP contribution in [0.4, 0.5) is 0 Å². The lowest BCUT2D eigenvalue weighted by molar-refractivity contribution is 0.464. The van der Waals surface area contributed by atoms with Crippen molar-refractivity contribution >= 4 is 11.0 Å². The van der Waals surface area contributed by atoms with Crippen LogP contribution in [0, 0.1) is 5.92 Å². The minimum absolute atomic E-state index is 0.331. The third-order valence-corrected chi connectivity index (χ3v) is 3.82. The van der Waals surface area contributed by atoms with E-state index in [2.05, 4.69) is 29.5 Å². The maximum Gasteiger partial charge on any atom is 0.114 e.